The molecule has 3 aromatic rings. The number of anilines is 1. The van der Waals surface area contributed by atoms with Crippen LogP contribution in [0.15, 0.2) is 42.5 Å². The lowest BCUT2D eigenvalue weighted by Crippen LogP contribution is -2.35. The number of carbonyl (C=O) groups is 2. The van der Waals surface area contributed by atoms with Gasteiger partial charge in [-0.05, 0) is 50.1 Å². The Kier molecular flexibility index (Phi) is 4.15. The summed E-state index contributed by atoms with van der Waals surface area (Å²) in [5.41, 5.74) is 5.87. The van der Waals surface area contributed by atoms with Gasteiger partial charge in [0.15, 0.2) is 0 Å². The summed E-state index contributed by atoms with van der Waals surface area (Å²) in [6.07, 6.45) is 0.225. The van der Waals surface area contributed by atoms with Crippen molar-refractivity contribution in [3.05, 3.63) is 70.4 Å². The molecule has 0 aliphatic carbocycles. The van der Waals surface area contributed by atoms with Crippen LogP contribution in [0.2, 0.25) is 0 Å². The summed E-state index contributed by atoms with van der Waals surface area (Å²) in [4.78, 5) is 29.9. The second kappa shape index (κ2) is 6.50. The van der Waals surface area contributed by atoms with Crippen molar-refractivity contribution in [3.63, 3.8) is 0 Å². The first-order chi connectivity index (χ1) is 12.9. The Hall–Kier alpha value is -3.21. The Morgan fingerprint density at radius 3 is 2.74 bits per heavy atom. The highest BCUT2D eigenvalue weighted by molar-refractivity contribution is 6.08. The van der Waals surface area contributed by atoms with Gasteiger partial charge in [0.25, 0.3) is 5.91 Å². The Balaban J connectivity index is 1.77. The minimum Gasteiger partial charge on any atom is -0.345 e. The molecule has 0 bridgehead atoms. The number of carbonyl (C=O) groups excluding carboxylic acids is 2. The van der Waals surface area contributed by atoms with Gasteiger partial charge >= 0.3 is 0 Å². The molecule has 5 heteroatoms. The Bertz CT molecular complexity index is 1090. The topological polar surface area (TPSA) is 71.1 Å². The first-order valence-electron chi connectivity index (χ1n) is 9.01. The number of hydrogen-bond acceptors (Lipinski definition) is 3. The van der Waals surface area contributed by atoms with E-state index in [9.17, 15) is 9.59 Å². The predicted octanol–water partition coefficient (Wildman–Crippen LogP) is 3.97. The highest BCUT2D eigenvalue weighted by atomic mass is 16.2. The van der Waals surface area contributed by atoms with Crippen molar-refractivity contribution in [2.45, 2.75) is 33.2 Å². The largest absolute Gasteiger partial charge is 0.345 e. The molecule has 0 spiro atoms. The van der Waals surface area contributed by atoms with Gasteiger partial charge < -0.3 is 10.6 Å². The van der Waals surface area contributed by atoms with Gasteiger partial charge in [0.2, 0.25) is 5.91 Å². The lowest BCUT2D eigenvalue weighted by molar-refractivity contribution is -0.116. The third-order valence-electron chi connectivity index (χ3n) is 5.16. The van der Waals surface area contributed by atoms with Crippen LogP contribution in [0.1, 0.15) is 45.2 Å². The fourth-order valence-corrected chi connectivity index (χ4v) is 3.66. The van der Waals surface area contributed by atoms with E-state index in [0.717, 1.165) is 39.0 Å². The van der Waals surface area contributed by atoms with E-state index < -0.39 is 0 Å². The van der Waals surface area contributed by atoms with Gasteiger partial charge in [0.1, 0.15) is 0 Å². The number of nitrogens with zero attached hydrogens (tertiary/aromatic N) is 1. The first-order valence-corrected chi connectivity index (χ1v) is 9.01. The van der Waals surface area contributed by atoms with Crippen LogP contribution in [0.5, 0.6) is 0 Å². The molecule has 1 aliphatic rings. The van der Waals surface area contributed by atoms with E-state index in [1.165, 1.54) is 0 Å². The monoisotopic (exact) mass is 359 g/mol. The molecule has 2 amide bonds. The van der Waals surface area contributed by atoms with Crippen LogP contribution in [-0.4, -0.2) is 16.8 Å². The normalized spacial score (nSPS) is 16.0. The zero-order valence-electron chi connectivity index (χ0n) is 15.6. The SMILES string of the molecule is Cc1ccc2nc(C)c(C)c(C(=O)N[C@@H]3CC(=O)Nc4ccccc43)c2c1. The molecule has 1 atom stereocenters. The van der Waals surface area contributed by atoms with E-state index in [1.807, 2.05) is 63.2 Å². The van der Waals surface area contributed by atoms with Crippen molar-refractivity contribution >= 4 is 28.4 Å². The van der Waals surface area contributed by atoms with Crippen LogP contribution in [0.4, 0.5) is 5.69 Å². The molecule has 5 nitrogen and oxygen atoms in total. The average Bonchev–Trinajstić information content (AvgIpc) is 2.63. The maximum Gasteiger partial charge on any atom is 0.252 e. The van der Waals surface area contributed by atoms with Crippen LogP contribution in [0.3, 0.4) is 0 Å². The van der Waals surface area contributed by atoms with Crippen LogP contribution in [0, 0.1) is 20.8 Å². The highest BCUT2D eigenvalue weighted by Gasteiger charge is 2.27. The van der Waals surface area contributed by atoms with Crippen molar-refractivity contribution in [1.29, 1.82) is 0 Å². The predicted molar refractivity (Wildman–Crippen MR) is 106 cm³/mol. The molecule has 4 rings (SSSR count). The van der Waals surface area contributed by atoms with Gasteiger partial charge in [-0.2, -0.15) is 0 Å². The van der Waals surface area contributed by atoms with Gasteiger partial charge in [-0.1, -0.05) is 29.8 Å². The summed E-state index contributed by atoms with van der Waals surface area (Å²) in [5, 5.41) is 6.77. The molecule has 0 saturated heterocycles. The van der Waals surface area contributed by atoms with Crippen molar-refractivity contribution < 1.29 is 9.59 Å². The third kappa shape index (κ3) is 3.05. The zero-order valence-corrected chi connectivity index (χ0v) is 15.6. The number of rotatable bonds is 2. The molecule has 2 N–H and O–H groups in total. The van der Waals surface area contributed by atoms with E-state index in [0.29, 0.717) is 5.56 Å². The number of nitrogens with one attached hydrogen (secondary N) is 2. The number of pyridine rings is 1. The number of aromatic nitrogens is 1. The smallest absolute Gasteiger partial charge is 0.252 e. The molecule has 136 valence electrons. The second-order valence-corrected chi connectivity index (χ2v) is 7.08. The maximum absolute atomic E-state index is 13.3. The molecular formula is C22H21N3O2. The van der Waals surface area contributed by atoms with Gasteiger partial charge in [-0.3, -0.25) is 14.6 Å². The number of para-hydroxylation sites is 1. The average molecular weight is 359 g/mol. The van der Waals surface area contributed by atoms with Crippen LogP contribution >= 0.6 is 0 Å². The first kappa shape index (κ1) is 17.2. The maximum atomic E-state index is 13.3. The molecule has 0 fully saturated rings. The highest BCUT2D eigenvalue weighted by Crippen LogP contribution is 2.31. The minimum absolute atomic E-state index is 0.0951. The lowest BCUT2D eigenvalue weighted by atomic mass is 9.95. The van der Waals surface area contributed by atoms with E-state index in [1.54, 1.807) is 0 Å². The molecule has 0 radical (unpaired) electrons. The summed E-state index contributed by atoms with van der Waals surface area (Å²) >= 11 is 0. The molecule has 27 heavy (non-hydrogen) atoms. The molecule has 2 aromatic carbocycles. The summed E-state index contributed by atoms with van der Waals surface area (Å²) in [6.45, 7) is 5.83. The fourth-order valence-electron chi connectivity index (χ4n) is 3.66. The molecule has 0 unspecified atom stereocenters. The molecule has 1 aliphatic heterocycles. The Labute approximate surface area is 157 Å². The molecular weight excluding hydrogens is 338 g/mol. The summed E-state index contributed by atoms with van der Waals surface area (Å²) in [6, 6.07) is 13.1. The molecule has 1 aromatic heterocycles. The summed E-state index contributed by atoms with van der Waals surface area (Å²) in [5.74, 6) is -0.273. The van der Waals surface area contributed by atoms with Crippen molar-refractivity contribution in [2.75, 3.05) is 5.32 Å². The number of aryl methyl sites for hydroxylation is 2. The van der Waals surface area contributed by atoms with E-state index in [2.05, 4.69) is 15.6 Å². The quantitative estimate of drug-likeness (QED) is 0.727. The number of fused-ring (bicyclic) bond motifs is 2. The van der Waals surface area contributed by atoms with Crippen LogP contribution < -0.4 is 10.6 Å². The van der Waals surface area contributed by atoms with E-state index in [-0.39, 0.29) is 24.3 Å². The molecule has 0 saturated carbocycles. The zero-order chi connectivity index (χ0) is 19.1. The third-order valence-corrected chi connectivity index (χ3v) is 5.16. The number of amides is 2. The van der Waals surface area contributed by atoms with Crippen LogP contribution in [0.25, 0.3) is 10.9 Å². The van der Waals surface area contributed by atoms with Gasteiger partial charge in [-0.15, -0.1) is 0 Å². The molecule has 2 heterocycles. The fraction of sp³-hybridized carbons (Fsp3) is 0.227. The number of hydrogen-bond donors (Lipinski definition) is 2. The summed E-state index contributed by atoms with van der Waals surface area (Å²) in [7, 11) is 0. The Morgan fingerprint density at radius 1 is 1.15 bits per heavy atom. The van der Waals surface area contributed by atoms with Crippen molar-refractivity contribution in [1.82, 2.24) is 10.3 Å². The van der Waals surface area contributed by atoms with Gasteiger partial charge in [-0.25, -0.2) is 0 Å². The van der Waals surface area contributed by atoms with E-state index in [4.69, 9.17) is 0 Å². The second-order valence-electron chi connectivity index (χ2n) is 7.08. The minimum atomic E-state index is -0.352. The summed E-state index contributed by atoms with van der Waals surface area (Å²) < 4.78 is 0. The van der Waals surface area contributed by atoms with E-state index >= 15 is 0 Å². The lowest BCUT2D eigenvalue weighted by Gasteiger charge is -2.27. The van der Waals surface area contributed by atoms with Gasteiger partial charge in [0, 0.05) is 16.8 Å². The van der Waals surface area contributed by atoms with Crippen molar-refractivity contribution in [3.8, 4) is 0 Å². The standard InChI is InChI=1S/C22H21N3O2/c1-12-8-9-18-16(10-12)21(13(2)14(3)23-18)22(27)25-19-11-20(26)24-17-7-5-4-6-15(17)19/h4-10,19H,11H2,1-3H3,(H,24,26)(H,25,27)/t19-/m1/s1. The van der Waals surface area contributed by atoms with Gasteiger partial charge in [0.05, 0.1) is 23.5 Å². The van der Waals surface area contributed by atoms with Crippen LogP contribution in [-0.2, 0) is 4.79 Å². The Morgan fingerprint density at radius 2 is 1.93 bits per heavy atom. The van der Waals surface area contributed by atoms with Crippen molar-refractivity contribution in [2.24, 2.45) is 0 Å². The number of benzene rings is 2.